The van der Waals surface area contributed by atoms with E-state index in [1.807, 2.05) is 0 Å². The molecule has 0 aromatic carbocycles. The third-order valence-electron chi connectivity index (χ3n) is 5.72. The number of amides is 1. The van der Waals surface area contributed by atoms with Gasteiger partial charge in [0.15, 0.2) is 0 Å². The number of ether oxygens (including phenoxy) is 1. The quantitative estimate of drug-likeness (QED) is 0.778. The summed E-state index contributed by atoms with van der Waals surface area (Å²) in [5, 5.41) is 3.05. The Labute approximate surface area is 121 Å². The van der Waals surface area contributed by atoms with Crippen LogP contribution in [0.15, 0.2) is 0 Å². The van der Waals surface area contributed by atoms with Crippen molar-refractivity contribution in [1.29, 1.82) is 0 Å². The summed E-state index contributed by atoms with van der Waals surface area (Å²) < 4.78 is 5.09. The molecule has 0 radical (unpaired) electrons. The van der Waals surface area contributed by atoms with Crippen LogP contribution in [0, 0.1) is 23.2 Å². The Kier molecular flexibility index (Phi) is 4.04. The van der Waals surface area contributed by atoms with Crippen molar-refractivity contribution in [1.82, 2.24) is 5.32 Å². The second-order valence-electron chi connectivity index (χ2n) is 7.55. The van der Waals surface area contributed by atoms with E-state index in [1.54, 1.807) is 7.11 Å². The molecule has 4 fully saturated rings. The van der Waals surface area contributed by atoms with E-state index in [4.69, 9.17) is 10.5 Å². The number of carbonyl (C=O) groups excluding carboxylic acids is 1. The fourth-order valence-electron chi connectivity index (χ4n) is 5.50. The molecule has 0 aromatic heterocycles. The zero-order valence-electron chi connectivity index (χ0n) is 12.6. The summed E-state index contributed by atoms with van der Waals surface area (Å²) in [6.45, 7) is 0.948. The van der Waals surface area contributed by atoms with Crippen molar-refractivity contribution in [3.63, 3.8) is 0 Å². The Hall–Kier alpha value is -0.610. The van der Waals surface area contributed by atoms with Gasteiger partial charge in [-0.1, -0.05) is 0 Å². The van der Waals surface area contributed by atoms with Crippen LogP contribution < -0.4 is 11.1 Å². The molecule has 4 bridgehead atoms. The second kappa shape index (κ2) is 5.64. The van der Waals surface area contributed by atoms with E-state index in [0.717, 1.165) is 17.8 Å². The predicted octanol–water partition coefficient (Wildman–Crippen LogP) is 1.68. The molecule has 1 amide bonds. The average molecular weight is 280 g/mol. The molecule has 0 aromatic rings. The zero-order chi connectivity index (χ0) is 14.2. The normalized spacial score (nSPS) is 39.8. The van der Waals surface area contributed by atoms with Crippen molar-refractivity contribution >= 4 is 5.91 Å². The smallest absolute Gasteiger partial charge is 0.220 e. The predicted molar refractivity (Wildman–Crippen MR) is 78.1 cm³/mol. The van der Waals surface area contributed by atoms with Gasteiger partial charge >= 0.3 is 0 Å². The Morgan fingerprint density at radius 1 is 1.25 bits per heavy atom. The maximum Gasteiger partial charge on any atom is 0.220 e. The van der Waals surface area contributed by atoms with Crippen LogP contribution in [0.3, 0.4) is 0 Å². The van der Waals surface area contributed by atoms with Gasteiger partial charge in [0.05, 0.1) is 12.6 Å². The third kappa shape index (κ3) is 2.86. The third-order valence-corrected chi connectivity index (χ3v) is 5.72. The molecule has 20 heavy (non-hydrogen) atoms. The van der Waals surface area contributed by atoms with Crippen molar-refractivity contribution in [2.24, 2.45) is 28.9 Å². The number of nitrogens with two attached hydrogens (primary N) is 1. The van der Waals surface area contributed by atoms with Gasteiger partial charge in [0.25, 0.3) is 0 Å². The highest BCUT2D eigenvalue weighted by molar-refractivity contribution is 5.77. The first-order valence-corrected chi connectivity index (χ1v) is 8.11. The van der Waals surface area contributed by atoms with E-state index < -0.39 is 0 Å². The molecule has 1 atom stereocenters. The SMILES string of the molecule is COCC(CN)NC(=O)CC12CC3CC(CC(C3)C1)C2. The van der Waals surface area contributed by atoms with Crippen molar-refractivity contribution in [2.45, 2.75) is 51.0 Å². The molecule has 0 heterocycles. The summed E-state index contributed by atoms with van der Waals surface area (Å²) in [5.41, 5.74) is 5.98. The molecule has 3 N–H and O–H groups in total. The molecule has 0 aliphatic heterocycles. The minimum Gasteiger partial charge on any atom is -0.383 e. The fraction of sp³-hybridized carbons (Fsp3) is 0.938. The number of methoxy groups -OCH3 is 1. The van der Waals surface area contributed by atoms with E-state index in [1.165, 1.54) is 38.5 Å². The number of hydrogen-bond donors (Lipinski definition) is 2. The number of hydrogen-bond acceptors (Lipinski definition) is 3. The summed E-state index contributed by atoms with van der Waals surface area (Å²) >= 11 is 0. The molecule has 4 heteroatoms. The monoisotopic (exact) mass is 280 g/mol. The molecule has 0 saturated heterocycles. The molecular formula is C16H28N2O2. The fourth-order valence-corrected chi connectivity index (χ4v) is 5.50. The summed E-state index contributed by atoms with van der Waals surface area (Å²) in [4.78, 5) is 12.3. The molecule has 4 aliphatic carbocycles. The van der Waals surface area contributed by atoms with Crippen LogP contribution in [0.4, 0.5) is 0 Å². The Bertz CT molecular complexity index is 334. The van der Waals surface area contributed by atoms with Gasteiger partial charge in [-0.15, -0.1) is 0 Å². The molecule has 0 spiro atoms. The van der Waals surface area contributed by atoms with Crippen molar-refractivity contribution in [3.8, 4) is 0 Å². The zero-order valence-corrected chi connectivity index (χ0v) is 12.6. The second-order valence-corrected chi connectivity index (χ2v) is 7.55. The topological polar surface area (TPSA) is 64.3 Å². The summed E-state index contributed by atoms with van der Waals surface area (Å²) in [6, 6.07) is -0.0404. The lowest BCUT2D eigenvalue weighted by Gasteiger charge is -2.56. The standard InChI is InChI=1S/C16H28N2O2/c1-20-10-14(9-17)18-15(19)8-16-5-11-2-12(6-16)4-13(3-11)7-16/h11-14H,2-10,17H2,1H3,(H,18,19). The lowest BCUT2D eigenvalue weighted by Crippen LogP contribution is -2.50. The van der Waals surface area contributed by atoms with Crippen LogP contribution in [-0.4, -0.2) is 32.2 Å². The molecule has 114 valence electrons. The van der Waals surface area contributed by atoms with Gasteiger partial charge in [-0.25, -0.2) is 0 Å². The first-order valence-electron chi connectivity index (χ1n) is 8.11. The van der Waals surface area contributed by atoms with Gasteiger partial charge < -0.3 is 15.8 Å². The number of rotatable bonds is 6. The summed E-state index contributed by atoms with van der Waals surface area (Å²) in [5.74, 6) is 2.88. The van der Waals surface area contributed by atoms with Gasteiger partial charge in [-0.2, -0.15) is 0 Å². The van der Waals surface area contributed by atoms with Crippen molar-refractivity contribution in [3.05, 3.63) is 0 Å². The molecule has 4 saturated carbocycles. The van der Waals surface area contributed by atoms with Crippen molar-refractivity contribution < 1.29 is 9.53 Å². The Morgan fingerprint density at radius 2 is 1.80 bits per heavy atom. The van der Waals surface area contributed by atoms with Gasteiger partial charge in [-0.05, 0) is 61.7 Å². The largest absolute Gasteiger partial charge is 0.383 e. The summed E-state index contributed by atoms with van der Waals surface area (Å²) in [7, 11) is 1.65. The van der Waals surface area contributed by atoms with E-state index in [-0.39, 0.29) is 11.9 Å². The van der Waals surface area contributed by atoms with Crippen molar-refractivity contribution in [2.75, 3.05) is 20.3 Å². The van der Waals surface area contributed by atoms with E-state index >= 15 is 0 Å². The van der Waals surface area contributed by atoms with Gasteiger partial charge in [0, 0.05) is 20.1 Å². The summed E-state index contributed by atoms with van der Waals surface area (Å²) in [6.07, 6.45) is 8.83. The molecule has 1 unspecified atom stereocenters. The Morgan fingerprint density at radius 3 is 2.25 bits per heavy atom. The average Bonchev–Trinajstić information content (AvgIpc) is 2.35. The first kappa shape index (κ1) is 14.3. The number of carbonyl (C=O) groups is 1. The number of nitrogens with one attached hydrogen (secondary N) is 1. The Balaban J connectivity index is 1.58. The van der Waals surface area contributed by atoms with Crippen LogP contribution in [0.25, 0.3) is 0 Å². The highest BCUT2D eigenvalue weighted by Gasteiger charge is 2.51. The minimum atomic E-state index is -0.0404. The van der Waals surface area contributed by atoms with Crippen LogP contribution in [-0.2, 0) is 9.53 Å². The highest BCUT2D eigenvalue weighted by Crippen LogP contribution is 2.61. The maximum atomic E-state index is 12.3. The first-order chi connectivity index (χ1) is 9.62. The lowest BCUT2D eigenvalue weighted by atomic mass is 9.49. The minimum absolute atomic E-state index is 0.0404. The van der Waals surface area contributed by atoms with Crippen LogP contribution in [0.2, 0.25) is 0 Å². The van der Waals surface area contributed by atoms with Gasteiger partial charge in [-0.3, -0.25) is 4.79 Å². The van der Waals surface area contributed by atoms with Crippen LogP contribution in [0.5, 0.6) is 0 Å². The van der Waals surface area contributed by atoms with E-state index in [2.05, 4.69) is 5.32 Å². The molecular weight excluding hydrogens is 252 g/mol. The van der Waals surface area contributed by atoms with Gasteiger partial charge in [0.1, 0.15) is 0 Å². The van der Waals surface area contributed by atoms with Crippen LogP contribution in [0.1, 0.15) is 44.9 Å². The van der Waals surface area contributed by atoms with E-state index in [9.17, 15) is 4.79 Å². The maximum absolute atomic E-state index is 12.3. The molecule has 4 nitrogen and oxygen atoms in total. The lowest BCUT2D eigenvalue weighted by molar-refractivity contribution is -0.130. The van der Waals surface area contributed by atoms with Crippen LogP contribution >= 0.6 is 0 Å². The van der Waals surface area contributed by atoms with E-state index in [0.29, 0.717) is 25.0 Å². The highest BCUT2D eigenvalue weighted by atomic mass is 16.5. The molecule has 4 aliphatic rings. The van der Waals surface area contributed by atoms with Gasteiger partial charge in [0.2, 0.25) is 5.91 Å². The molecule has 4 rings (SSSR count).